The number of hydroxylamine groups is 1. The largest absolute Gasteiger partial charge is 0.490 e. The van der Waals surface area contributed by atoms with E-state index in [9.17, 15) is 4.79 Å². The normalized spacial score (nSPS) is 10.5. The molecule has 0 fully saturated rings. The van der Waals surface area contributed by atoms with Crippen molar-refractivity contribution in [1.82, 2.24) is 10.5 Å². The number of hydrogen-bond donors (Lipinski definition) is 2. The van der Waals surface area contributed by atoms with E-state index in [1.54, 1.807) is 29.7 Å². The van der Waals surface area contributed by atoms with Gasteiger partial charge in [-0.3, -0.25) is 10.0 Å². The Kier molecular flexibility index (Phi) is 6.05. The molecule has 0 saturated heterocycles. The van der Waals surface area contributed by atoms with Gasteiger partial charge in [0.05, 0.1) is 18.9 Å². The van der Waals surface area contributed by atoms with Crippen molar-refractivity contribution < 1.29 is 19.5 Å². The van der Waals surface area contributed by atoms with Gasteiger partial charge in [-0.05, 0) is 44.2 Å². The molecule has 140 valence electrons. The second-order valence-electron chi connectivity index (χ2n) is 5.58. The van der Waals surface area contributed by atoms with Gasteiger partial charge in [-0.2, -0.15) is 0 Å². The molecule has 0 bridgehead atoms. The van der Waals surface area contributed by atoms with Crippen molar-refractivity contribution in [2.45, 2.75) is 13.8 Å². The summed E-state index contributed by atoms with van der Waals surface area (Å²) in [6.07, 6.45) is 0. The molecule has 6 nitrogen and oxygen atoms in total. The number of carbonyl (C=O) groups excluding carboxylic acids is 1. The molecule has 3 rings (SSSR count). The molecule has 0 radical (unpaired) electrons. The summed E-state index contributed by atoms with van der Waals surface area (Å²) in [6.45, 7) is 5.00. The van der Waals surface area contributed by atoms with Crippen molar-refractivity contribution in [2.24, 2.45) is 0 Å². The average Bonchev–Trinajstić information content (AvgIpc) is 3.19. The van der Waals surface area contributed by atoms with E-state index in [2.05, 4.69) is 0 Å². The summed E-state index contributed by atoms with van der Waals surface area (Å²) in [4.78, 5) is 16.1. The van der Waals surface area contributed by atoms with Crippen LogP contribution >= 0.6 is 11.3 Å². The number of nitrogens with zero attached hydrogens (tertiary/aromatic N) is 1. The molecule has 1 heterocycles. The third-order valence-electron chi connectivity index (χ3n) is 3.84. The lowest BCUT2D eigenvalue weighted by Crippen LogP contribution is -2.18. The lowest BCUT2D eigenvalue weighted by Gasteiger charge is -2.11. The zero-order valence-electron chi connectivity index (χ0n) is 15.1. The molecule has 0 unspecified atom stereocenters. The van der Waals surface area contributed by atoms with Crippen molar-refractivity contribution in [3.63, 3.8) is 0 Å². The number of hydrogen-bond acceptors (Lipinski definition) is 6. The van der Waals surface area contributed by atoms with E-state index in [4.69, 9.17) is 19.7 Å². The molecular formula is C20H20N2O4S. The molecule has 27 heavy (non-hydrogen) atoms. The van der Waals surface area contributed by atoms with Crippen LogP contribution in [0.2, 0.25) is 0 Å². The zero-order valence-corrected chi connectivity index (χ0v) is 15.9. The van der Waals surface area contributed by atoms with E-state index in [-0.39, 0.29) is 0 Å². The second-order valence-corrected chi connectivity index (χ2v) is 6.44. The molecule has 0 saturated carbocycles. The predicted octanol–water partition coefficient (Wildman–Crippen LogP) is 4.39. The van der Waals surface area contributed by atoms with Gasteiger partial charge in [0.1, 0.15) is 5.01 Å². The molecular weight excluding hydrogens is 364 g/mol. The maximum atomic E-state index is 11.4. The van der Waals surface area contributed by atoms with Gasteiger partial charge in [0, 0.05) is 22.1 Å². The van der Waals surface area contributed by atoms with Gasteiger partial charge >= 0.3 is 0 Å². The van der Waals surface area contributed by atoms with Crippen LogP contribution in [0.1, 0.15) is 24.2 Å². The Morgan fingerprint density at radius 2 is 1.70 bits per heavy atom. The number of ether oxygens (including phenoxy) is 2. The zero-order chi connectivity index (χ0) is 19.2. The van der Waals surface area contributed by atoms with Gasteiger partial charge in [0.25, 0.3) is 5.91 Å². The first kappa shape index (κ1) is 18.9. The highest BCUT2D eigenvalue weighted by Gasteiger charge is 2.12. The van der Waals surface area contributed by atoms with Crippen LogP contribution in [0.5, 0.6) is 11.5 Å². The van der Waals surface area contributed by atoms with Crippen LogP contribution in [0.3, 0.4) is 0 Å². The molecule has 1 aromatic heterocycles. The highest BCUT2D eigenvalue weighted by molar-refractivity contribution is 7.13. The lowest BCUT2D eigenvalue weighted by molar-refractivity contribution is 0.0706. The molecule has 7 heteroatoms. The van der Waals surface area contributed by atoms with E-state index in [1.807, 2.05) is 37.4 Å². The minimum Gasteiger partial charge on any atom is -0.490 e. The smallest absolute Gasteiger partial charge is 0.274 e. The first-order valence-electron chi connectivity index (χ1n) is 8.56. The van der Waals surface area contributed by atoms with E-state index in [1.165, 1.54) is 11.3 Å². The molecule has 2 N–H and O–H groups in total. The van der Waals surface area contributed by atoms with Gasteiger partial charge in [0.2, 0.25) is 0 Å². The fourth-order valence-electron chi connectivity index (χ4n) is 2.58. The number of nitrogens with one attached hydrogen (secondary N) is 1. The number of carbonyl (C=O) groups is 1. The van der Waals surface area contributed by atoms with Crippen LogP contribution in [0.15, 0.2) is 47.8 Å². The molecule has 0 atom stereocenters. The number of thiazole rings is 1. The van der Waals surface area contributed by atoms with Crippen LogP contribution < -0.4 is 15.0 Å². The van der Waals surface area contributed by atoms with E-state index in [0.717, 1.165) is 27.6 Å². The quantitative estimate of drug-likeness (QED) is 0.466. The predicted molar refractivity (Wildman–Crippen MR) is 105 cm³/mol. The Labute approximate surface area is 161 Å². The highest BCUT2D eigenvalue weighted by atomic mass is 32.1. The van der Waals surface area contributed by atoms with Gasteiger partial charge in [-0.25, -0.2) is 10.5 Å². The molecule has 0 aliphatic heterocycles. The first-order valence-corrected chi connectivity index (χ1v) is 9.44. The molecule has 0 aliphatic rings. The number of rotatable bonds is 7. The van der Waals surface area contributed by atoms with Crippen LogP contribution in [-0.2, 0) is 0 Å². The maximum absolute atomic E-state index is 11.4. The number of benzene rings is 2. The van der Waals surface area contributed by atoms with Gasteiger partial charge in [-0.1, -0.05) is 12.1 Å². The van der Waals surface area contributed by atoms with E-state index >= 15 is 0 Å². The Hall–Kier alpha value is -2.90. The Balaban J connectivity index is 1.87. The SMILES string of the molecule is CCOc1ccc(-c2nc(-c3ccc(C(=O)NO)cc3)cs2)cc1OCC. The van der Waals surface area contributed by atoms with Gasteiger partial charge in [-0.15, -0.1) is 11.3 Å². The van der Waals surface area contributed by atoms with Crippen molar-refractivity contribution in [2.75, 3.05) is 13.2 Å². The average molecular weight is 384 g/mol. The Morgan fingerprint density at radius 3 is 2.37 bits per heavy atom. The van der Waals surface area contributed by atoms with Crippen molar-refractivity contribution >= 4 is 17.2 Å². The summed E-state index contributed by atoms with van der Waals surface area (Å²) in [5, 5.41) is 11.5. The van der Waals surface area contributed by atoms with Crippen LogP contribution in [0.25, 0.3) is 21.8 Å². The van der Waals surface area contributed by atoms with Crippen LogP contribution in [0.4, 0.5) is 0 Å². The molecule has 2 aromatic carbocycles. The third kappa shape index (κ3) is 4.27. The summed E-state index contributed by atoms with van der Waals surface area (Å²) < 4.78 is 11.3. The third-order valence-corrected chi connectivity index (χ3v) is 4.73. The lowest BCUT2D eigenvalue weighted by atomic mass is 10.1. The van der Waals surface area contributed by atoms with Crippen molar-refractivity contribution in [3.8, 4) is 33.3 Å². The Bertz CT molecular complexity index is 922. The summed E-state index contributed by atoms with van der Waals surface area (Å²) in [5.41, 5.74) is 4.66. The number of amides is 1. The van der Waals surface area contributed by atoms with Gasteiger partial charge in [0.15, 0.2) is 11.5 Å². The summed E-state index contributed by atoms with van der Waals surface area (Å²) in [5.74, 6) is 0.879. The molecule has 3 aromatic rings. The summed E-state index contributed by atoms with van der Waals surface area (Å²) >= 11 is 1.53. The highest BCUT2D eigenvalue weighted by Crippen LogP contribution is 2.35. The monoisotopic (exact) mass is 384 g/mol. The summed E-state index contributed by atoms with van der Waals surface area (Å²) in [6, 6.07) is 12.7. The fraction of sp³-hybridized carbons (Fsp3) is 0.200. The molecule has 0 aliphatic carbocycles. The van der Waals surface area contributed by atoms with Crippen LogP contribution in [0, 0.1) is 0 Å². The van der Waals surface area contributed by atoms with Crippen LogP contribution in [-0.4, -0.2) is 29.3 Å². The molecule has 1 amide bonds. The van der Waals surface area contributed by atoms with Gasteiger partial charge < -0.3 is 9.47 Å². The van der Waals surface area contributed by atoms with Crippen molar-refractivity contribution in [1.29, 1.82) is 0 Å². The Morgan fingerprint density at radius 1 is 1.04 bits per heavy atom. The first-order chi connectivity index (χ1) is 13.2. The number of aromatic nitrogens is 1. The topological polar surface area (TPSA) is 80.7 Å². The summed E-state index contributed by atoms with van der Waals surface area (Å²) in [7, 11) is 0. The van der Waals surface area contributed by atoms with Crippen molar-refractivity contribution in [3.05, 3.63) is 53.4 Å². The standard InChI is InChI=1S/C20H20N2O4S/c1-3-25-17-10-9-15(11-18(17)26-4-2)20-21-16(12-27-20)13-5-7-14(8-6-13)19(23)22-24/h5-12,24H,3-4H2,1-2H3,(H,22,23). The molecule has 0 spiro atoms. The second kappa shape index (κ2) is 8.66. The minimum absolute atomic E-state index is 0.379. The maximum Gasteiger partial charge on any atom is 0.274 e. The fourth-order valence-corrected chi connectivity index (χ4v) is 3.41. The minimum atomic E-state index is -0.543. The van der Waals surface area contributed by atoms with E-state index in [0.29, 0.717) is 24.5 Å². The van der Waals surface area contributed by atoms with E-state index < -0.39 is 5.91 Å².